The Morgan fingerprint density at radius 1 is 1.29 bits per heavy atom. The molecule has 0 aromatic carbocycles. The second kappa shape index (κ2) is 5.59. The molecule has 5 heteroatoms. The monoisotopic (exact) mass is 200 g/mol. The fraction of sp³-hybridized carbons (Fsp3) is 0.778. The molecule has 1 saturated carbocycles. The molecule has 0 unspecified atom stereocenters. The molecule has 0 bridgehead atoms. The molecule has 0 aromatic rings. The van der Waals surface area contributed by atoms with Crippen molar-refractivity contribution < 1.29 is 14.3 Å². The van der Waals surface area contributed by atoms with Gasteiger partial charge < -0.3 is 15.4 Å². The molecule has 0 spiro atoms. The van der Waals surface area contributed by atoms with Crippen LogP contribution < -0.4 is 10.6 Å². The summed E-state index contributed by atoms with van der Waals surface area (Å²) < 4.78 is 4.63. The summed E-state index contributed by atoms with van der Waals surface area (Å²) in [4.78, 5) is 22.0. The standard InChI is InChI=1S/C9H16N2O3/c1-14-6-8(12)10-4-5-11-9(13)7-2-3-7/h7H,2-6H2,1H3,(H,10,12)(H,11,13). The topological polar surface area (TPSA) is 67.4 Å². The average Bonchev–Trinajstić information content (AvgIpc) is 2.95. The minimum atomic E-state index is -0.159. The number of nitrogens with one attached hydrogen (secondary N) is 2. The number of carbonyl (C=O) groups excluding carboxylic acids is 2. The van der Waals surface area contributed by atoms with Gasteiger partial charge in [0, 0.05) is 26.1 Å². The maximum absolute atomic E-state index is 11.1. The van der Waals surface area contributed by atoms with E-state index in [9.17, 15) is 9.59 Å². The molecule has 1 aliphatic carbocycles. The predicted octanol–water partition coefficient (Wildman–Crippen LogP) is -0.725. The van der Waals surface area contributed by atoms with E-state index in [0.29, 0.717) is 13.1 Å². The molecule has 14 heavy (non-hydrogen) atoms. The summed E-state index contributed by atoms with van der Waals surface area (Å²) >= 11 is 0. The van der Waals surface area contributed by atoms with Crippen LogP contribution in [0.1, 0.15) is 12.8 Å². The molecule has 1 rings (SSSR count). The van der Waals surface area contributed by atoms with Crippen molar-refractivity contribution in [1.82, 2.24) is 10.6 Å². The van der Waals surface area contributed by atoms with Crippen molar-refractivity contribution >= 4 is 11.8 Å². The number of ether oxygens (including phenoxy) is 1. The molecule has 0 atom stereocenters. The van der Waals surface area contributed by atoms with Gasteiger partial charge in [-0.25, -0.2) is 0 Å². The number of amides is 2. The molecule has 0 saturated heterocycles. The van der Waals surface area contributed by atoms with Crippen LogP contribution in [0.15, 0.2) is 0 Å². The van der Waals surface area contributed by atoms with Crippen LogP contribution >= 0.6 is 0 Å². The average molecular weight is 200 g/mol. The van der Waals surface area contributed by atoms with Gasteiger partial charge in [0.05, 0.1) is 0 Å². The molecule has 0 aromatic heterocycles. The first kappa shape index (κ1) is 11.0. The summed E-state index contributed by atoms with van der Waals surface area (Å²) in [7, 11) is 1.47. The van der Waals surface area contributed by atoms with E-state index < -0.39 is 0 Å². The highest BCUT2D eigenvalue weighted by Crippen LogP contribution is 2.28. The van der Waals surface area contributed by atoms with Crippen molar-refractivity contribution in [3.8, 4) is 0 Å². The largest absolute Gasteiger partial charge is 0.375 e. The van der Waals surface area contributed by atoms with Gasteiger partial charge in [-0.1, -0.05) is 0 Å². The predicted molar refractivity (Wildman–Crippen MR) is 50.6 cm³/mol. The first-order valence-corrected chi connectivity index (χ1v) is 4.77. The fourth-order valence-corrected chi connectivity index (χ4v) is 1.06. The highest BCUT2D eigenvalue weighted by atomic mass is 16.5. The fourth-order valence-electron chi connectivity index (χ4n) is 1.06. The summed E-state index contributed by atoms with van der Waals surface area (Å²) in [6.45, 7) is 1.02. The van der Waals surface area contributed by atoms with Gasteiger partial charge in [0.1, 0.15) is 6.61 Å². The van der Waals surface area contributed by atoms with Crippen LogP contribution in [0.3, 0.4) is 0 Å². The highest BCUT2D eigenvalue weighted by molar-refractivity contribution is 5.81. The Balaban J connectivity index is 1.93. The Bertz CT molecular complexity index is 214. The van der Waals surface area contributed by atoms with Crippen LogP contribution in [0.4, 0.5) is 0 Å². The van der Waals surface area contributed by atoms with Crippen LogP contribution in [0.25, 0.3) is 0 Å². The molecule has 80 valence electrons. The summed E-state index contributed by atoms with van der Waals surface area (Å²) in [5.74, 6) is 0.170. The lowest BCUT2D eigenvalue weighted by Crippen LogP contribution is -2.36. The first-order valence-electron chi connectivity index (χ1n) is 4.77. The van der Waals surface area contributed by atoms with Crippen molar-refractivity contribution in [2.75, 3.05) is 26.8 Å². The van der Waals surface area contributed by atoms with E-state index in [2.05, 4.69) is 15.4 Å². The Labute approximate surface area is 83.2 Å². The maximum atomic E-state index is 11.1. The van der Waals surface area contributed by atoms with Crippen LogP contribution in [-0.2, 0) is 14.3 Å². The third-order valence-electron chi connectivity index (χ3n) is 1.97. The van der Waals surface area contributed by atoms with Crippen LogP contribution in [0, 0.1) is 5.92 Å². The third kappa shape index (κ3) is 4.23. The zero-order valence-electron chi connectivity index (χ0n) is 8.34. The van der Waals surface area contributed by atoms with Gasteiger partial charge in [-0.3, -0.25) is 9.59 Å². The molecular formula is C9H16N2O3. The van der Waals surface area contributed by atoms with Gasteiger partial charge in [0.15, 0.2) is 0 Å². The Morgan fingerprint density at radius 2 is 1.93 bits per heavy atom. The Hall–Kier alpha value is -1.10. The normalized spacial score (nSPS) is 14.9. The minimum absolute atomic E-state index is 0.0660. The van der Waals surface area contributed by atoms with E-state index in [4.69, 9.17) is 0 Å². The lowest BCUT2D eigenvalue weighted by molar-refractivity contribution is -0.125. The smallest absolute Gasteiger partial charge is 0.246 e. The molecular weight excluding hydrogens is 184 g/mol. The number of methoxy groups -OCH3 is 1. The number of rotatable bonds is 6. The van der Waals surface area contributed by atoms with Gasteiger partial charge in [0.2, 0.25) is 11.8 Å². The van der Waals surface area contributed by atoms with E-state index >= 15 is 0 Å². The molecule has 5 nitrogen and oxygen atoms in total. The minimum Gasteiger partial charge on any atom is -0.375 e. The lowest BCUT2D eigenvalue weighted by Gasteiger charge is -2.05. The molecule has 2 N–H and O–H groups in total. The van der Waals surface area contributed by atoms with Crippen molar-refractivity contribution in [3.63, 3.8) is 0 Å². The second-order valence-electron chi connectivity index (χ2n) is 3.35. The summed E-state index contributed by atoms with van der Waals surface area (Å²) in [5.41, 5.74) is 0. The third-order valence-corrected chi connectivity index (χ3v) is 1.97. The number of hydrogen-bond acceptors (Lipinski definition) is 3. The first-order chi connectivity index (χ1) is 6.74. The quantitative estimate of drug-likeness (QED) is 0.556. The van der Waals surface area contributed by atoms with Gasteiger partial charge in [-0.2, -0.15) is 0 Å². The van der Waals surface area contributed by atoms with Gasteiger partial charge >= 0.3 is 0 Å². The molecule has 0 heterocycles. The molecule has 0 aliphatic heterocycles. The van der Waals surface area contributed by atoms with E-state index in [1.165, 1.54) is 7.11 Å². The van der Waals surface area contributed by atoms with E-state index in [0.717, 1.165) is 12.8 Å². The SMILES string of the molecule is COCC(=O)NCCNC(=O)C1CC1. The lowest BCUT2D eigenvalue weighted by atomic mass is 10.4. The summed E-state index contributed by atoms with van der Waals surface area (Å²) in [5, 5.41) is 5.37. The molecule has 2 amide bonds. The number of hydrogen-bond donors (Lipinski definition) is 2. The van der Waals surface area contributed by atoms with Gasteiger partial charge in [-0.15, -0.1) is 0 Å². The summed E-state index contributed by atoms with van der Waals surface area (Å²) in [6, 6.07) is 0. The molecule has 1 aliphatic rings. The zero-order valence-corrected chi connectivity index (χ0v) is 8.34. The highest BCUT2D eigenvalue weighted by Gasteiger charge is 2.28. The maximum Gasteiger partial charge on any atom is 0.246 e. The van der Waals surface area contributed by atoms with Crippen molar-refractivity contribution in [1.29, 1.82) is 0 Å². The van der Waals surface area contributed by atoms with Gasteiger partial charge in [0.25, 0.3) is 0 Å². The van der Waals surface area contributed by atoms with E-state index in [1.54, 1.807) is 0 Å². The van der Waals surface area contributed by atoms with Gasteiger partial charge in [-0.05, 0) is 12.8 Å². The molecule has 0 radical (unpaired) electrons. The second-order valence-corrected chi connectivity index (χ2v) is 3.35. The van der Waals surface area contributed by atoms with Crippen molar-refractivity contribution in [2.45, 2.75) is 12.8 Å². The molecule has 1 fully saturated rings. The van der Waals surface area contributed by atoms with E-state index in [1.807, 2.05) is 0 Å². The summed E-state index contributed by atoms with van der Waals surface area (Å²) in [6.07, 6.45) is 2.00. The van der Waals surface area contributed by atoms with E-state index in [-0.39, 0.29) is 24.3 Å². The Kier molecular flexibility index (Phi) is 4.39. The number of carbonyl (C=O) groups is 2. The van der Waals surface area contributed by atoms with Crippen molar-refractivity contribution in [3.05, 3.63) is 0 Å². The van der Waals surface area contributed by atoms with Crippen molar-refractivity contribution in [2.24, 2.45) is 5.92 Å². The van der Waals surface area contributed by atoms with Crippen LogP contribution in [0.5, 0.6) is 0 Å². The van der Waals surface area contributed by atoms with Crippen LogP contribution in [-0.4, -0.2) is 38.6 Å². The zero-order chi connectivity index (χ0) is 10.4. The van der Waals surface area contributed by atoms with Crippen LogP contribution in [0.2, 0.25) is 0 Å². The Morgan fingerprint density at radius 3 is 2.50 bits per heavy atom.